The molecule has 0 aromatic heterocycles. The van der Waals surface area contributed by atoms with Crippen molar-refractivity contribution in [1.29, 1.82) is 0 Å². The lowest BCUT2D eigenvalue weighted by Gasteiger charge is -2.20. The Morgan fingerprint density at radius 3 is 2.35 bits per heavy atom. The van der Waals surface area contributed by atoms with E-state index in [2.05, 4.69) is 10.0 Å². The zero-order valence-electron chi connectivity index (χ0n) is 15.7. The number of imide groups is 1. The lowest BCUT2D eigenvalue weighted by atomic mass is 9.96. The second-order valence-corrected chi connectivity index (χ2v) is 9.06. The molecule has 1 saturated heterocycles. The van der Waals surface area contributed by atoms with Crippen LogP contribution in [0.25, 0.3) is 0 Å². The van der Waals surface area contributed by atoms with Gasteiger partial charge < -0.3 is 5.32 Å². The lowest BCUT2D eigenvalue weighted by molar-refractivity contribution is -0.131. The molecular weight excluding hydrogens is 354 g/mol. The molecule has 1 heterocycles. The Bertz CT molecular complexity index is 774. The average molecular weight is 381 g/mol. The van der Waals surface area contributed by atoms with Crippen LogP contribution in [-0.2, 0) is 21.4 Å². The Morgan fingerprint density at radius 1 is 1.19 bits per heavy atom. The van der Waals surface area contributed by atoms with Gasteiger partial charge in [0.15, 0.2) is 0 Å². The summed E-state index contributed by atoms with van der Waals surface area (Å²) in [6.45, 7) is 8.02. The molecule has 0 saturated carbocycles. The molecule has 1 aliphatic rings. The second-order valence-electron chi connectivity index (χ2n) is 7.29. The van der Waals surface area contributed by atoms with E-state index in [1.165, 1.54) is 17.0 Å². The first-order chi connectivity index (χ1) is 12.1. The maximum absolute atomic E-state index is 12.5. The molecule has 8 heteroatoms. The predicted molar refractivity (Wildman–Crippen MR) is 98.9 cm³/mol. The predicted octanol–water partition coefficient (Wildman–Crippen LogP) is 2.23. The molecule has 1 fully saturated rings. The fourth-order valence-electron chi connectivity index (χ4n) is 2.88. The van der Waals surface area contributed by atoms with Gasteiger partial charge in [-0.2, -0.15) is 0 Å². The van der Waals surface area contributed by atoms with Crippen LogP contribution >= 0.6 is 0 Å². The van der Waals surface area contributed by atoms with Gasteiger partial charge in [-0.15, -0.1) is 0 Å². The SMILES string of the molecule is CCC[C@]1(C)NC(=O)N(Cc2ccc(S(=O)(=O)NCC(C)C)cc2)C1=O. The maximum atomic E-state index is 12.5. The van der Waals surface area contributed by atoms with Gasteiger partial charge in [-0.25, -0.2) is 17.9 Å². The molecule has 0 radical (unpaired) electrons. The van der Waals surface area contributed by atoms with Crippen molar-refractivity contribution in [2.45, 2.75) is 57.5 Å². The summed E-state index contributed by atoms with van der Waals surface area (Å²) in [7, 11) is -3.56. The quantitative estimate of drug-likeness (QED) is 0.675. The fraction of sp³-hybridized carbons (Fsp3) is 0.556. The lowest BCUT2D eigenvalue weighted by Crippen LogP contribution is -2.43. The standard InChI is InChI=1S/C18H27N3O4S/c1-5-10-18(4)16(22)21(17(23)20-18)12-14-6-8-15(9-7-14)26(24,25)19-11-13(2)3/h6-9,13,19H,5,10-12H2,1-4H3,(H,20,23)/t18-/m0/s1. The maximum Gasteiger partial charge on any atom is 0.325 e. The summed E-state index contributed by atoms with van der Waals surface area (Å²) < 4.78 is 27.0. The Labute approximate surface area is 155 Å². The third-order valence-electron chi connectivity index (χ3n) is 4.35. The van der Waals surface area contributed by atoms with E-state index < -0.39 is 21.6 Å². The number of hydrogen-bond donors (Lipinski definition) is 2. The zero-order chi connectivity index (χ0) is 19.5. The van der Waals surface area contributed by atoms with Gasteiger partial charge in [0.05, 0.1) is 11.4 Å². The van der Waals surface area contributed by atoms with E-state index in [4.69, 9.17) is 0 Å². The molecule has 26 heavy (non-hydrogen) atoms. The van der Waals surface area contributed by atoms with E-state index in [1.54, 1.807) is 19.1 Å². The van der Waals surface area contributed by atoms with E-state index in [9.17, 15) is 18.0 Å². The minimum atomic E-state index is -3.56. The van der Waals surface area contributed by atoms with Crippen LogP contribution in [0, 0.1) is 5.92 Å². The Morgan fingerprint density at radius 2 is 1.81 bits per heavy atom. The van der Waals surface area contributed by atoms with Crippen LogP contribution in [0.15, 0.2) is 29.2 Å². The van der Waals surface area contributed by atoms with E-state index in [-0.39, 0.29) is 23.3 Å². The molecule has 1 aromatic carbocycles. The Kier molecular flexibility index (Phi) is 6.08. The van der Waals surface area contributed by atoms with Crippen LogP contribution < -0.4 is 10.0 Å². The van der Waals surface area contributed by atoms with Gasteiger partial charge in [0, 0.05) is 6.54 Å². The number of carbonyl (C=O) groups is 2. The van der Waals surface area contributed by atoms with Gasteiger partial charge in [0.1, 0.15) is 5.54 Å². The normalized spacial score (nSPS) is 20.7. The number of hydrogen-bond acceptors (Lipinski definition) is 4. The van der Waals surface area contributed by atoms with Gasteiger partial charge in [0.25, 0.3) is 5.91 Å². The van der Waals surface area contributed by atoms with Crippen LogP contribution in [0.1, 0.15) is 46.1 Å². The average Bonchev–Trinajstić information content (AvgIpc) is 2.77. The van der Waals surface area contributed by atoms with Gasteiger partial charge in [-0.3, -0.25) is 9.69 Å². The van der Waals surface area contributed by atoms with Crippen LogP contribution in [0.4, 0.5) is 4.79 Å². The van der Waals surface area contributed by atoms with Crippen LogP contribution in [0.3, 0.4) is 0 Å². The van der Waals surface area contributed by atoms with E-state index in [0.29, 0.717) is 18.5 Å². The molecule has 1 aromatic rings. The molecule has 3 amide bonds. The number of sulfonamides is 1. The number of urea groups is 1. The topological polar surface area (TPSA) is 95.6 Å². The highest BCUT2D eigenvalue weighted by atomic mass is 32.2. The van der Waals surface area contributed by atoms with Gasteiger partial charge in [-0.1, -0.05) is 39.3 Å². The first kappa shape index (κ1) is 20.4. The molecule has 0 unspecified atom stereocenters. The molecule has 1 atom stereocenters. The summed E-state index contributed by atoms with van der Waals surface area (Å²) in [6, 6.07) is 5.81. The Hall–Kier alpha value is -1.93. The molecule has 7 nitrogen and oxygen atoms in total. The molecule has 1 aliphatic heterocycles. The molecule has 0 spiro atoms. The number of nitrogens with zero attached hydrogens (tertiary/aromatic N) is 1. The highest BCUT2D eigenvalue weighted by Gasteiger charge is 2.46. The third kappa shape index (κ3) is 4.42. The monoisotopic (exact) mass is 381 g/mol. The van der Waals surface area contributed by atoms with Crippen molar-refractivity contribution in [3.63, 3.8) is 0 Å². The largest absolute Gasteiger partial charge is 0.325 e. The van der Waals surface area contributed by atoms with Gasteiger partial charge in [0.2, 0.25) is 10.0 Å². The first-order valence-corrected chi connectivity index (χ1v) is 10.3. The van der Waals surface area contributed by atoms with E-state index >= 15 is 0 Å². The molecule has 144 valence electrons. The third-order valence-corrected chi connectivity index (χ3v) is 5.79. The summed E-state index contributed by atoms with van der Waals surface area (Å²) >= 11 is 0. The highest BCUT2D eigenvalue weighted by molar-refractivity contribution is 7.89. The molecule has 2 rings (SSSR count). The number of rotatable bonds is 8. The molecule has 2 N–H and O–H groups in total. The minimum absolute atomic E-state index is 0.115. The van der Waals surface area contributed by atoms with Crippen LogP contribution in [0.5, 0.6) is 0 Å². The summed E-state index contributed by atoms with van der Waals surface area (Å²) in [6.07, 6.45) is 1.36. The summed E-state index contributed by atoms with van der Waals surface area (Å²) in [5.41, 5.74) is -0.173. The summed E-state index contributed by atoms with van der Waals surface area (Å²) in [5, 5.41) is 2.75. The van der Waals surface area contributed by atoms with Crippen molar-refractivity contribution in [1.82, 2.24) is 14.9 Å². The fourth-order valence-corrected chi connectivity index (χ4v) is 4.09. The smallest absolute Gasteiger partial charge is 0.323 e. The van der Waals surface area contributed by atoms with Crippen LogP contribution in [-0.4, -0.2) is 37.3 Å². The number of amides is 3. The van der Waals surface area contributed by atoms with Gasteiger partial charge in [-0.05, 0) is 37.0 Å². The van der Waals surface area contributed by atoms with Crippen molar-refractivity contribution in [2.24, 2.45) is 5.92 Å². The van der Waals surface area contributed by atoms with E-state index in [1.807, 2.05) is 20.8 Å². The summed E-state index contributed by atoms with van der Waals surface area (Å²) in [4.78, 5) is 26.0. The first-order valence-electron chi connectivity index (χ1n) is 8.82. The van der Waals surface area contributed by atoms with Crippen molar-refractivity contribution in [2.75, 3.05) is 6.54 Å². The van der Waals surface area contributed by atoms with Crippen molar-refractivity contribution >= 4 is 22.0 Å². The summed E-state index contributed by atoms with van der Waals surface area (Å²) in [5.74, 6) is -0.0409. The zero-order valence-corrected chi connectivity index (χ0v) is 16.5. The van der Waals surface area contributed by atoms with Crippen molar-refractivity contribution < 1.29 is 18.0 Å². The molecule has 0 aliphatic carbocycles. The van der Waals surface area contributed by atoms with Gasteiger partial charge >= 0.3 is 6.03 Å². The number of carbonyl (C=O) groups excluding carboxylic acids is 2. The number of benzene rings is 1. The minimum Gasteiger partial charge on any atom is -0.323 e. The highest BCUT2D eigenvalue weighted by Crippen LogP contribution is 2.24. The van der Waals surface area contributed by atoms with Crippen molar-refractivity contribution in [3.8, 4) is 0 Å². The van der Waals surface area contributed by atoms with Crippen molar-refractivity contribution in [3.05, 3.63) is 29.8 Å². The van der Waals surface area contributed by atoms with Crippen LogP contribution in [0.2, 0.25) is 0 Å². The second kappa shape index (κ2) is 7.75. The number of nitrogens with one attached hydrogen (secondary N) is 2. The molecule has 0 bridgehead atoms. The van der Waals surface area contributed by atoms with E-state index in [0.717, 1.165) is 6.42 Å². The molecular formula is C18H27N3O4S. The Balaban J connectivity index is 2.10.